The van der Waals surface area contributed by atoms with Crippen molar-refractivity contribution in [2.24, 2.45) is 5.92 Å². The van der Waals surface area contributed by atoms with Crippen LogP contribution in [0.2, 0.25) is 5.02 Å². The molecule has 0 aliphatic carbocycles. The van der Waals surface area contributed by atoms with Crippen molar-refractivity contribution < 1.29 is 4.74 Å². The Kier molecular flexibility index (Phi) is 6.08. The molecule has 0 saturated carbocycles. The van der Waals surface area contributed by atoms with Crippen LogP contribution >= 0.6 is 11.6 Å². The zero-order chi connectivity index (χ0) is 14.5. The molecule has 0 saturated heterocycles. The molecule has 1 rings (SSSR count). The van der Waals surface area contributed by atoms with Crippen molar-refractivity contribution in [2.45, 2.75) is 53.1 Å². The number of nitrogens with zero attached hydrogens (tertiary/aromatic N) is 1. The minimum absolute atomic E-state index is 0.0608. The van der Waals surface area contributed by atoms with Crippen molar-refractivity contribution in [1.82, 2.24) is 10.3 Å². The topological polar surface area (TPSA) is 34.1 Å². The lowest BCUT2D eigenvalue weighted by atomic mass is 10.1. The van der Waals surface area contributed by atoms with Gasteiger partial charge in [0.15, 0.2) is 0 Å². The van der Waals surface area contributed by atoms with Crippen LogP contribution in [-0.2, 0) is 6.54 Å². The van der Waals surface area contributed by atoms with Crippen molar-refractivity contribution >= 4 is 11.6 Å². The van der Waals surface area contributed by atoms with E-state index in [9.17, 15) is 0 Å². The van der Waals surface area contributed by atoms with E-state index in [0.717, 1.165) is 12.0 Å². The number of hydrogen-bond donors (Lipinski definition) is 1. The molecule has 1 N–H and O–H groups in total. The number of aromatic nitrogens is 1. The van der Waals surface area contributed by atoms with E-state index in [-0.39, 0.29) is 5.54 Å². The molecule has 1 heterocycles. The molecular formula is C15H25ClN2O. The number of halogens is 1. The fourth-order valence-corrected chi connectivity index (χ4v) is 1.60. The zero-order valence-electron chi connectivity index (χ0n) is 12.6. The molecule has 0 aliphatic rings. The van der Waals surface area contributed by atoms with Crippen LogP contribution in [0.15, 0.2) is 12.3 Å². The van der Waals surface area contributed by atoms with Gasteiger partial charge in [-0.15, -0.1) is 0 Å². The molecule has 0 amide bonds. The first-order chi connectivity index (χ1) is 8.78. The van der Waals surface area contributed by atoms with Gasteiger partial charge in [0.05, 0.1) is 11.6 Å². The minimum atomic E-state index is 0.0608. The monoisotopic (exact) mass is 284 g/mol. The van der Waals surface area contributed by atoms with E-state index in [2.05, 4.69) is 44.9 Å². The predicted molar refractivity (Wildman–Crippen MR) is 80.8 cm³/mol. The van der Waals surface area contributed by atoms with Crippen molar-refractivity contribution in [1.29, 1.82) is 0 Å². The summed E-state index contributed by atoms with van der Waals surface area (Å²) in [5, 5.41) is 4.09. The SMILES string of the molecule is CC(C)CCOc1cc(CNC(C)(C)C)c(Cl)cn1. The maximum Gasteiger partial charge on any atom is 0.213 e. The van der Waals surface area contributed by atoms with Gasteiger partial charge in [-0.3, -0.25) is 0 Å². The summed E-state index contributed by atoms with van der Waals surface area (Å²) in [6.45, 7) is 12.1. The largest absolute Gasteiger partial charge is 0.478 e. The Morgan fingerprint density at radius 2 is 2.05 bits per heavy atom. The van der Waals surface area contributed by atoms with E-state index < -0.39 is 0 Å². The first-order valence-corrected chi connectivity index (χ1v) is 7.18. The Balaban J connectivity index is 2.61. The Morgan fingerprint density at radius 3 is 2.63 bits per heavy atom. The Bertz CT molecular complexity index is 400. The molecule has 1 aromatic heterocycles. The molecule has 108 valence electrons. The average Bonchev–Trinajstić information content (AvgIpc) is 2.28. The summed E-state index contributed by atoms with van der Waals surface area (Å²) in [7, 11) is 0. The van der Waals surface area contributed by atoms with Crippen LogP contribution in [0.5, 0.6) is 5.88 Å². The van der Waals surface area contributed by atoms with Crippen molar-refractivity contribution in [3.8, 4) is 5.88 Å². The second-order valence-electron chi connectivity index (χ2n) is 6.25. The summed E-state index contributed by atoms with van der Waals surface area (Å²) < 4.78 is 5.65. The molecule has 0 unspecified atom stereocenters. The zero-order valence-corrected chi connectivity index (χ0v) is 13.3. The highest BCUT2D eigenvalue weighted by atomic mass is 35.5. The van der Waals surface area contributed by atoms with Crippen molar-refractivity contribution in [3.05, 3.63) is 22.8 Å². The third kappa shape index (κ3) is 6.79. The average molecular weight is 285 g/mol. The molecule has 0 radical (unpaired) electrons. The molecule has 0 atom stereocenters. The maximum absolute atomic E-state index is 6.15. The molecule has 0 bridgehead atoms. The fraction of sp³-hybridized carbons (Fsp3) is 0.667. The summed E-state index contributed by atoms with van der Waals surface area (Å²) in [6, 6.07) is 1.92. The van der Waals surface area contributed by atoms with Crippen LogP contribution in [0.3, 0.4) is 0 Å². The Morgan fingerprint density at radius 1 is 1.37 bits per heavy atom. The number of rotatable bonds is 6. The number of hydrogen-bond acceptors (Lipinski definition) is 3. The lowest BCUT2D eigenvalue weighted by molar-refractivity contribution is 0.279. The highest BCUT2D eigenvalue weighted by molar-refractivity contribution is 6.31. The van der Waals surface area contributed by atoms with Gasteiger partial charge in [0.1, 0.15) is 0 Å². The number of ether oxygens (including phenoxy) is 1. The van der Waals surface area contributed by atoms with E-state index in [1.165, 1.54) is 0 Å². The molecule has 4 heteroatoms. The molecule has 0 fully saturated rings. The molecular weight excluding hydrogens is 260 g/mol. The Labute approximate surface area is 121 Å². The van der Waals surface area contributed by atoms with Gasteiger partial charge >= 0.3 is 0 Å². The minimum Gasteiger partial charge on any atom is -0.478 e. The van der Waals surface area contributed by atoms with E-state index in [0.29, 0.717) is 30.0 Å². The highest BCUT2D eigenvalue weighted by Crippen LogP contribution is 2.20. The Hall–Kier alpha value is -0.800. The van der Waals surface area contributed by atoms with E-state index in [4.69, 9.17) is 16.3 Å². The molecule has 19 heavy (non-hydrogen) atoms. The standard InChI is InChI=1S/C15H25ClN2O/c1-11(2)6-7-19-14-8-12(13(16)10-17-14)9-18-15(3,4)5/h8,10-11,18H,6-7,9H2,1-5H3. The number of nitrogens with one attached hydrogen (secondary N) is 1. The van der Waals surface area contributed by atoms with Gasteiger partial charge in [-0.25, -0.2) is 4.98 Å². The van der Waals surface area contributed by atoms with E-state index in [1.54, 1.807) is 6.20 Å². The van der Waals surface area contributed by atoms with Crippen LogP contribution in [0.1, 0.15) is 46.6 Å². The van der Waals surface area contributed by atoms with E-state index >= 15 is 0 Å². The van der Waals surface area contributed by atoms with Crippen LogP contribution in [0, 0.1) is 5.92 Å². The highest BCUT2D eigenvalue weighted by Gasteiger charge is 2.11. The van der Waals surface area contributed by atoms with Crippen LogP contribution in [0.4, 0.5) is 0 Å². The quantitative estimate of drug-likeness (QED) is 0.856. The van der Waals surface area contributed by atoms with Gasteiger partial charge in [0, 0.05) is 24.3 Å². The summed E-state index contributed by atoms with van der Waals surface area (Å²) in [4.78, 5) is 4.20. The first kappa shape index (κ1) is 16.3. The van der Waals surface area contributed by atoms with Gasteiger partial charge in [-0.1, -0.05) is 25.4 Å². The normalized spacial score (nSPS) is 11.9. The van der Waals surface area contributed by atoms with Crippen molar-refractivity contribution in [3.63, 3.8) is 0 Å². The third-order valence-electron chi connectivity index (χ3n) is 2.66. The first-order valence-electron chi connectivity index (χ1n) is 6.80. The smallest absolute Gasteiger partial charge is 0.213 e. The second-order valence-corrected chi connectivity index (χ2v) is 6.66. The molecule has 1 aromatic rings. The molecule has 0 aliphatic heterocycles. The van der Waals surface area contributed by atoms with Gasteiger partial charge in [-0.2, -0.15) is 0 Å². The molecule has 0 aromatic carbocycles. The van der Waals surface area contributed by atoms with Crippen molar-refractivity contribution in [2.75, 3.05) is 6.61 Å². The maximum atomic E-state index is 6.15. The summed E-state index contributed by atoms with van der Waals surface area (Å²) in [6.07, 6.45) is 2.69. The van der Waals surface area contributed by atoms with Crippen LogP contribution in [0.25, 0.3) is 0 Å². The van der Waals surface area contributed by atoms with Gasteiger partial charge in [-0.05, 0) is 38.7 Å². The third-order valence-corrected chi connectivity index (χ3v) is 3.00. The summed E-state index contributed by atoms with van der Waals surface area (Å²) in [5.74, 6) is 1.28. The van der Waals surface area contributed by atoms with Gasteiger partial charge in [0.25, 0.3) is 0 Å². The van der Waals surface area contributed by atoms with Crippen LogP contribution < -0.4 is 10.1 Å². The second kappa shape index (κ2) is 7.11. The lowest BCUT2D eigenvalue weighted by Crippen LogP contribution is -2.35. The summed E-state index contributed by atoms with van der Waals surface area (Å²) in [5.41, 5.74) is 1.08. The predicted octanol–water partition coefficient (Wildman–Crippen LogP) is 4.05. The summed E-state index contributed by atoms with van der Waals surface area (Å²) >= 11 is 6.15. The molecule has 0 spiro atoms. The molecule has 3 nitrogen and oxygen atoms in total. The fourth-order valence-electron chi connectivity index (χ4n) is 1.43. The number of pyridine rings is 1. The van der Waals surface area contributed by atoms with Crippen LogP contribution in [-0.4, -0.2) is 17.1 Å². The van der Waals surface area contributed by atoms with Gasteiger partial charge in [0.2, 0.25) is 5.88 Å². The lowest BCUT2D eigenvalue weighted by Gasteiger charge is -2.21. The van der Waals surface area contributed by atoms with Gasteiger partial charge < -0.3 is 10.1 Å². The van der Waals surface area contributed by atoms with E-state index in [1.807, 2.05) is 6.07 Å².